The number of ether oxygens (including phenoxy) is 1. The van der Waals surface area contributed by atoms with Gasteiger partial charge in [0.2, 0.25) is 0 Å². The Labute approximate surface area is 120 Å². The molecule has 0 amide bonds. The number of hydrogen-bond donors (Lipinski definition) is 1. The molecule has 0 aromatic carbocycles. The molecule has 0 aliphatic rings. The zero-order chi connectivity index (χ0) is 14.7. The molecule has 0 saturated carbocycles. The first-order chi connectivity index (χ1) is 8.97. The molecule has 0 radical (unpaired) electrons. The molecule has 1 unspecified atom stereocenters. The summed E-state index contributed by atoms with van der Waals surface area (Å²) in [6.07, 6.45) is 4.04. The molecule has 19 heavy (non-hydrogen) atoms. The third kappa shape index (κ3) is 8.92. The maximum Gasteiger partial charge on any atom is 0.307 e. The van der Waals surface area contributed by atoms with Crippen molar-refractivity contribution in [3.05, 3.63) is 0 Å². The summed E-state index contributed by atoms with van der Waals surface area (Å²) in [5.74, 6) is 0.602. The Morgan fingerprint density at radius 2 is 2.05 bits per heavy atom. The van der Waals surface area contributed by atoms with Gasteiger partial charge in [-0.2, -0.15) is 11.8 Å². The maximum atomic E-state index is 10.6. The van der Waals surface area contributed by atoms with E-state index in [0.29, 0.717) is 17.6 Å². The van der Waals surface area contributed by atoms with Gasteiger partial charge in [-0.1, -0.05) is 33.6 Å². The van der Waals surface area contributed by atoms with Gasteiger partial charge in [0.15, 0.2) is 0 Å². The summed E-state index contributed by atoms with van der Waals surface area (Å²) in [5.41, 5.74) is 0.417. The summed E-state index contributed by atoms with van der Waals surface area (Å²) in [6, 6.07) is 0. The highest BCUT2D eigenvalue weighted by atomic mass is 32.2. The monoisotopic (exact) mass is 290 g/mol. The largest absolute Gasteiger partial charge is 0.481 e. The predicted octanol–water partition coefficient (Wildman–Crippen LogP) is 3.34. The van der Waals surface area contributed by atoms with Gasteiger partial charge in [0.1, 0.15) is 6.10 Å². The minimum absolute atomic E-state index is 0.118. The van der Waals surface area contributed by atoms with Crippen LogP contribution in [0.1, 0.15) is 52.9 Å². The van der Waals surface area contributed by atoms with Gasteiger partial charge >= 0.3 is 5.97 Å². The zero-order valence-electron chi connectivity index (χ0n) is 12.2. The van der Waals surface area contributed by atoms with E-state index in [1.54, 1.807) is 11.8 Å². The second kappa shape index (κ2) is 10.1. The summed E-state index contributed by atoms with van der Waals surface area (Å²) < 4.78 is 4.76. The molecule has 0 aromatic rings. The number of carbonyl (C=O) groups is 2. The van der Waals surface area contributed by atoms with Gasteiger partial charge in [0, 0.05) is 5.75 Å². The summed E-state index contributed by atoms with van der Waals surface area (Å²) in [5, 5.41) is 8.68. The van der Waals surface area contributed by atoms with E-state index in [4.69, 9.17) is 9.84 Å². The molecule has 0 bridgehead atoms. The number of hydrogen-bond acceptors (Lipinski definition) is 4. The lowest BCUT2D eigenvalue weighted by Crippen LogP contribution is -2.20. The standard InChI is InChI=1S/C14H26O4S/c1-4-14(3,5-2)7-6-8-19-10-12(18-11-15)9-13(16)17/h11-12H,4-10H2,1-3H3,(H,16,17). The number of carboxylic acid groups (broad SMARTS) is 1. The molecule has 0 saturated heterocycles. The smallest absolute Gasteiger partial charge is 0.307 e. The molecule has 5 heteroatoms. The molecule has 1 N–H and O–H groups in total. The summed E-state index contributed by atoms with van der Waals surface area (Å²) >= 11 is 1.66. The molecule has 4 nitrogen and oxygen atoms in total. The molecule has 1 atom stereocenters. The van der Waals surface area contributed by atoms with Crippen LogP contribution < -0.4 is 0 Å². The third-order valence-corrected chi connectivity index (χ3v) is 4.91. The Morgan fingerprint density at radius 3 is 2.53 bits per heavy atom. The van der Waals surface area contributed by atoms with E-state index >= 15 is 0 Å². The van der Waals surface area contributed by atoms with Crippen molar-refractivity contribution >= 4 is 24.2 Å². The fraction of sp³-hybridized carbons (Fsp3) is 0.857. The lowest BCUT2D eigenvalue weighted by atomic mass is 9.81. The molecule has 0 heterocycles. The van der Waals surface area contributed by atoms with Gasteiger partial charge in [0.25, 0.3) is 6.47 Å². The lowest BCUT2D eigenvalue weighted by Gasteiger charge is -2.26. The highest BCUT2D eigenvalue weighted by molar-refractivity contribution is 7.99. The Bertz CT molecular complexity index is 264. The van der Waals surface area contributed by atoms with E-state index < -0.39 is 12.1 Å². The minimum atomic E-state index is -0.933. The number of rotatable bonds is 12. The first-order valence-electron chi connectivity index (χ1n) is 6.86. The second-order valence-corrected chi connectivity index (χ2v) is 6.30. The lowest BCUT2D eigenvalue weighted by molar-refractivity contribution is -0.142. The number of aliphatic carboxylic acids is 1. The Morgan fingerprint density at radius 1 is 1.42 bits per heavy atom. The van der Waals surface area contributed by atoms with E-state index in [9.17, 15) is 9.59 Å². The van der Waals surface area contributed by atoms with Crippen molar-refractivity contribution in [2.75, 3.05) is 11.5 Å². The second-order valence-electron chi connectivity index (χ2n) is 5.15. The fourth-order valence-electron chi connectivity index (χ4n) is 1.84. The summed E-state index contributed by atoms with van der Waals surface area (Å²) in [4.78, 5) is 20.8. The number of carboxylic acids is 1. The Hall–Kier alpha value is -0.710. The minimum Gasteiger partial charge on any atom is -0.481 e. The quantitative estimate of drug-likeness (QED) is 0.441. The van der Waals surface area contributed by atoms with Crippen LogP contribution in [0.15, 0.2) is 0 Å². The van der Waals surface area contributed by atoms with Crippen LogP contribution in [0.3, 0.4) is 0 Å². The molecule has 0 aliphatic heterocycles. The van der Waals surface area contributed by atoms with Crippen LogP contribution in [0.4, 0.5) is 0 Å². The van der Waals surface area contributed by atoms with Crippen molar-refractivity contribution in [2.24, 2.45) is 5.41 Å². The van der Waals surface area contributed by atoms with Crippen molar-refractivity contribution in [2.45, 2.75) is 59.0 Å². The van der Waals surface area contributed by atoms with Gasteiger partial charge in [-0.15, -0.1) is 0 Å². The maximum absolute atomic E-state index is 10.6. The molecule has 112 valence electrons. The first kappa shape index (κ1) is 18.3. The Balaban J connectivity index is 3.81. The summed E-state index contributed by atoms with van der Waals surface area (Å²) in [6.45, 7) is 7.08. The van der Waals surface area contributed by atoms with Crippen molar-refractivity contribution in [1.82, 2.24) is 0 Å². The third-order valence-electron chi connectivity index (χ3n) is 3.73. The van der Waals surface area contributed by atoms with E-state index in [0.717, 1.165) is 12.2 Å². The zero-order valence-corrected chi connectivity index (χ0v) is 13.0. The average Bonchev–Trinajstić information content (AvgIpc) is 2.37. The SMILES string of the molecule is CCC(C)(CC)CCCSCC(CC(=O)O)OC=O. The topological polar surface area (TPSA) is 63.6 Å². The first-order valence-corrected chi connectivity index (χ1v) is 8.01. The van der Waals surface area contributed by atoms with Crippen LogP contribution >= 0.6 is 11.8 Å². The van der Waals surface area contributed by atoms with Crippen molar-refractivity contribution in [3.8, 4) is 0 Å². The van der Waals surface area contributed by atoms with Gasteiger partial charge in [-0.25, -0.2) is 0 Å². The van der Waals surface area contributed by atoms with Crippen molar-refractivity contribution in [3.63, 3.8) is 0 Å². The highest BCUT2D eigenvalue weighted by Crippen LogP contribution is 2.31. The Kier molecular flexibility index (Phi) is 9.74. The molecule has 0 rings (SSSR count). The van der Waals surface area contributed by atoms with Gasteiger partial charge in [-0.3, -0.25) is 9.59 Å². The van der Waals surface area contributed by atoms with Crippen LogP contribution in [0.25, 0.3) is 0 Å². The van der Waals surface area contributed by atoms with Gasteiger partial charge in [0.05, 0.1) is 6.42 Å². The van der Waals surface area contributed by atoms with E-state index in [1.165, 1.54) is 19.3 Å². The van der Waals surface area contributed by atoms with Crippen molar-refractivity contribution in [1.29, 1.82) is 0 Å². The number of thioether (sulfide) groups is 1. The van der Waals surface area contributed by atoms with Crippen LogP contribution in [0, 0.1) is 5.41 Å². The normalized spacial score (nSPS) is 13.0. The van der Waals surface area contributed by atoms with Crippen LogP contribution in [0.5, 0.6) is 0 Å². The average molecular weight is 290 g/mol. The molecule has 0 aliphatic carbocycles. The predicted molar refractivity (Wildman–Crippen MR) is 78.4 cm³/mol. The highest BCUT2D eigenvalue weighted by Gasteiger charge is 2.19. The van der Waals surface area contributed by atoms with Crippen LogP contribution in [0.2, 0.25) is 0 Å². The van der Waals surface area contributed by atoms with E-state index in [-0.39, 0.29) is 6.42 Å². The molecular weight excluding hydrogens is 264 g/mol. The molecular formula is C14H26O4S. The molecule has 0 spiro atoms. The molecule has 0 fully saturated rings. The van der Waals surface area contributed by atoms with Crippen molar-refractivity contribution < 1.29 is 19.4 Å². The summed E-state index contributed by atoms with van der Waals surface area (Å²) in [7, 11) is 0. The number of carbonyl (C=O) groups excluding carboxylic acids is 1. The van der Waals surface area contributed by atoms with E-state index in [2.05, 4.69) is 20.8 Å². The van der Waals surface area contributed by atoms with Crippen LogP contribution in [-0.2, 0) is 14.3 Å². The van der Waals surface area contributed by atoms with Gasteiger partial charge < -0.3 is 9.84 Å². The fourth-order valence-corrected chi connectivity index (χ4v) is 2.81. The van der Waals surface area contributed by atoms with Crippen LogP contribution in [-0.4, -0.2) is 35.2 Å². The van der Waals surface area contributed by atoms with Gasteiger partial charge in [-0.05, 0) is 24.0 Å². The van der Waals surface area contributed by atoms with E-state index in [1.807, 2.05) is 0 Å². The molecule has 0 aromatic heterocycles.